The lowest BCUT2D eigenvalue weighted by molar-refractivity contribution is -0.328. The Morgan fingerprint density at radius 3 is 2.24 bits per heavy atom. The van der Waals surface area contributed by atoms with E-state index < -0.39 is 11.7 Å². The minimum Gasteiger partial charge on any atom is -0.364 e. The number of aromatic amines is 2. The summed E-state index contributed by atoms with van der Waals surface area (Å²) in [5.74, 6) is 1.05. The highest BCUT2D eigenvalue weighted by Gasteiger charge is 2.32. The highest BCUT2D eigenvalue weighted by atomic mass is 19.4. The van der Waals surface area contributed by atoms with Gasteiger partial charge in [-0.1, -0.05) is 36.4 Å². The van der Waals surface area contributed by atoms with Crippen LogP contribution in [0.15, 0.2) is 72.8 Å². The third-order valence-electron chi connectivity index (χ3n) is 6.53. The lowest BCUT2D eigenvalue weighted by Crippen LogP contribution is -2.48. The summed E-state index contributed by atoms with van der Waals surface area (Å²) in [5.41, 5.74) is 3.24. The number of piperazine rings is 1. The molecule has 6 rings (SSSR count). The molecule has 0 aliphatic carbocycles. The number of hydrogen-bond donors (Lipinski definition) is 1. The number of hydrogen-bond acceptors (Lipinski definition) is 2. The van der Waals surface area contributed by atoms with Crippen LogP contribution in [0.1, 0.15) is 5.56 Å². The monoisotopic (exact) mass is 447 g/mol. The molecule has 3 heterocycles. The van der Waals surface area contributed by atoms with Crippen molar-refractivity contribution >= 4 is 44.2 Å². The maximum atomic E-state index is 13.2. The molecule has 0 radical (unpaired) electrons. The van der Waals surface area contributed by atoms with Crippen LogP contribution in [0.3, 0.4) is 0 Å². The van der Waals surface area contributed by atoms with Gasteiger partial charge in [-0.05, 0) is 36.4 Å². The second-order valence-corrected chi connectivity index (χ2v) is 8.46. The molecule has 1 aliphatic rings. The predicted molar refractivity (Wildman–Crippen MR) is 126 cm³/mol. The molecule has 1 fully saturated rings. The molecule has 7 heteroatoms. The fraction of sp³-hybridized carbons (Fsp3) is 0.192. The van der Waals surface area contributed by atoms with Gasteiger partial charge in [0.25, 0.3) is 5.82 Å². The van der Waals surface area contributed by atoms with E-state index in [-0.39, 0.29) is 0 Å². The number of nitrogens with one attached hydrogen (secondary N) is 2. The van der Waals surface area contributed by atoms with Crippen LogP contribution in [0.2, 0.25) is 0 Å². The van der Waals surface area contributed by atoms with Crippen LogP contribution in [0, 0.1) is 0 Å². The van der Waals surface area contributed by atoms with Crippen LogP contribution < -0.4 is 14.8 Å². The minimum absolute atomic E-state index is 0.606. The standard InChI is InChI=1S/C26H21F3N4/c27-26(28,29)17-6-5-7-18(16-17)32-12-14-33(15-13-32)25-23-19-8-1-3-10-21(19)30-24(23)20-9-2-4-11-22(20)31-25/h1-11,16,30H,12-15H2/p+1. The van der Waals surface area contributed by atoms with Gasteiger partial charge in [-0.2, -0.15) is 13.2 Å². The highest BCUT2D eigenvalue weighted by molar-refractivity contribution is 6.19. The number of alkyl halides is 3. The molecule has 0 amide bonds. The number of anilines is 2. The van der Waals surface area contributed by atoms with Gasteiger partial charge in [-0.25, -0.2) is 4.98 Å². The molecule has 0 saturated carbocycles. The molecule has 4 nitrogen and oxygen atoms in total. The maximum absolute atomic E-state index is 13.2. The zero-order valence-electron chi connectivity index (χ0n) is 17.8. The lowest BCUT2D eigenvalue weighted by Gasteiger charge is -2.33. The third-order valence-corrected chi connectivity index (χ3v) is 6.53. The largest absolute Gasteiger partial charge is 0.416 e. The summed E-state index contributed by atoms with van der Waals surface area (Å²) in [5, 5.41) is 3.44. The van der Waals surface area contributed by atoms with E-state index in [1.165, 1.54) is 12.1 Å². The van der Waals surface area contributed by atoms with E-state index in [9.17, 15) is 13.2 Å². The first-order valence-corrected chi connectivity index (χ1v) is 11.0. The molecule has 2 aromatic heterocycles. The van der Waals surface area contributed by atoms with Crippen molar-refractivity contribution in [3.63, 3.8) is 0 Å². The molecule has 1 aliphatic heterocycles. The van der Waals surface area contributed by atoms with Crippen molar-refractivity contribution in [1.29, 1.82) is 0 Å². The summed E-state index contributed by atoms with van der Waals surface area (Å²) < 4.78 is 39.5. The van der Waals surface area contributed by atoms with Gasteiger partial charge >= 0.3 is 6.18 Å². The van der Waals surface area contributed by atoms with Crippen LogP contribution in [0.4, 0.5) is 24.7 Å². The number of rotatable bonds is 2. The molecule has 33 heavy (non-hydrogen) atoms. The van der Waals surface area contributed by atoms with Gasteiger partial charge in [0.1, 0.15) is 18.6 Å². The van der Waals surface area contributed by atoms with Gasteiger partial charge in [0.2, 0.25) is 0 Å². The number of halogens is 3. The fourth-order valence-corrected chi connectivity index (χ4v) is 4.89. The minimum atomic E-state index is -4.33. The molecule has 0 unspecified atom stereocenters. The number of H-pyrrole nitrogens is 2. The number of aromatic nitrogens is 2. The molecule has 2 N–H and O–H groups in total. The molecule has 0 spiro atoms. The van der Waals surface area contributed by atoms with Gasteiger partial charge in [0.05, 0.1) is 29.6 Å². The Morgan fingerprint density at radius 1 is 0.758 bits per heavy atom. The van der Waals surface area contributed by atoms with Crippen molar-refractivity contribution in [3.8, 4) is 0 Å². The van der Waals surface area contributed by atoms with E-state index in [0.717, 1.165) is 44.6 Å². The van der Waals surface area contributed by atoms with Gasteiger partial charge in [-0.15, -0.1) is 0 Å². The number of nitrogens with zero attached hydrogens (tertiary/aromatic N) is 2. The second kappa shape index (κ2) is 7.40. The summed E-state index contributed by atoms with van der Waals surface area (Å²) in [6.07, 6.45) is -4.33. The van der Waals surface area contributed by atoms with Crippen molar-refractivity contribution in [1.82, 2.24) is 4.98 Å². The summed E-state index contributed by atoms with van der Waals surface area (Å²) in [4.78, 5) is 11.6. The lowest BCUT2D eigenvalue weighted by atomic mass is 10.1. The molecule has 0 bridgehead atoms. The van der Waals surface area contributed by atoms with E-state index in [1.807, 2.05) is 29.2 Å². The van der Waals surface area contributed by atoms with Crippen LogP contribution in [-0.2, 0) is 6.18 Å². The molecule has 1 saturated heterocycles. The van der Waals surface area contributed by atoms with Crippen LogP contribution in [-0.4, -0.2) is 31.2 Å². The van der Waals surface area contributed by atoms with Crippen molar-refractivity contribution in [2.24, 2.45) is 0 Å². The van der Waals surface area contributed by atoms with Gasteiger partial charge in [0, 0.05) is 22.0 Å². The average Bonchev–Trinajstić information content (AvgIpc) is 3.23. The van der Waals surface area contributed by atoms with Crippen molar-refractivity contribution in [3.05, 3.63) is 78.4 Å². The van der Waals surface area contributed by atoms with E-state index >= 15 is 0 Å². The molecule has 3 aromatic carbocycles. The first kappa shape index (κ1) is 19.9. The smallest absolute Gasteiger partial charge is 0.364 e. The zero-order chi connectivity index (χ0) is 22.6. The fourth-order valence-electron chi connectivity index (χ4n) is 4.89. The summed E-state index contributed by atoms with van der Waals surface area (Å²) in [7, 11) is 0. The van der Waals surface area contributed by atoms with E-state index in [2.05, 4.69) is 39.1 Å². The molecule has 166 valence electrons. The molecular weight excluding hydrogens is 425 g/mol. The number of benzene rings is 3. The Morgan fingerprint density at radius 2 is 1.45 bits per heavy atom. The first-order chi connectivity index (χ1) is 16.0. The Hall–Kier alpha value is -3.74. The molecule has 5 aromatic rings. The van der Waals surface area contributed by atoms with E-state index in [4.69, 9.17) is 0 Å². The molecular formula is C26H22F3N4+. The Balaban J connectivity index is 1.38. The normalized spacial score (nSPS) is 15.1. The maximum Gasteiger partial charge on any atom is 0.416 e. The second-order valence-electron chi connectivity index (χ2n) is 8.46. The SMILES string of the molecule is FC(F)(F)c1cccc(N2CCN(c3[nH+]c4ccccc4c4[nH]c5ccccc5c34)CC2)c1. The quantitative estimate of drug-likeness (QED) is 0.381. The van der Waals surface area contributed by atoms with Crippen LogP contribution >= 0.6 is 0 Å². The van der Waals surface area contributed by atoms with Gasteiger partial charge < -0.3 is 9.88 Å². The Labute approximate surface area is 188 Å². The van der Waals surface area contributed by atoms with E-state index in [1.54, 1.807) is 6.07 Å². The Bertz CT molecular complexity index is 1480. The van der Waals surface area contributed by atoms with Crippen molar-refractivity contribution in [2.75, 3.05) is 36.0 Å². The Kier molecular flexibility index (Phi) is 4.47. The van der Waals surface area contributed by atoms with Crippen LogP contribution in [0.5, 0.6) is 0 Å². The van der Waals surface area contributed by atoms with Gasteiger partial charge in [-0.3, -0.25) is 4.90 Å². The topological polar surface area (TPSA) is 36.4 Å². The number of para-hydroxylation sites is 2. The van der Waals surface area contributed by atoms with Gasteiger partial charge in [0.15, 0.2) is 0 Å². The summed E-state index contributed by atoms with van der Waals surface area (Å²) in [6.45, 7) is 2.71. The zero-order valence-corrected chi connectivity index (χ0v) is 17.8. The third kappa shape index (κ3) is 3.35. The van der Waals surface area contributed by atoms with Crippen molar-refractivity contribution in [2.45, 2.75) is 6.18 Å². The van der Waals surface area contributed by atoms with Crippen LogP contribution in [0.25, 0.3) is 32.7 Å². The highest BCUT2D eigenvalue weighted by Crippen LogP contribution is 2.36. The predicted octanol–water partition coefficient (Wildman–Crippen LogP) is 5.63. The summed E-state index contributed by atoms with van der Waals surface area (Å²) >= 11 is 0. The van der Waals surface area contributed by atoms with Crippen molar-refractivity contribution < 1.29 is 18.2 Å². The number of pyridine rings is 1. The average molecular weight is 447 g/mol. The first-order valence-electron chi connectivity index (χ1n) is 11.0. The summed E-state index contributed by atoms with van der Waals surface area (Å²) in [6, 6.07) is 22.1. The number of fused-ring (bicyclic) bond motifs is 5. The molecule has 0 atom stereocenters. The van der Waals surface area contributed by atoms with E-state index in [0.29, 0.717) is 31.9 Å².